The number of halogens is 1. The molecule has 1 fully saturated rings. The summed E-state index contributed by atoms with van der Waals surface area (Å²) in [5.41, 5.74) is 7.19. The number of aryl methyl sites for hydroxylation is 1. The van der Waals surface area contributed by atoms with Gasteiger partial charge in [-0.15, -0.1) is 12.4 Å². The summed E-state index contributed by atoms with van der Waals surface area (Å²) in [6.07, 6.45) is 1.84. The van der Waals surface area contributed by atoms with Gasteiger partial charge in [-0.1, -0.05) is 30.3 Å². The number of rotatable bonds is 3. The molecule has 1 saturated heterocycles. The number of fused-ring (bicyclic) bond motifs is 1. The Morgan fingerprint density at radius 2 is 1.97 bits per heavy atom. The van der Waals surface area contributed by atoms with Gasteiger partial charge in [-0.2, -0.15) is 5.26 Å². The molecule has 3 N–H and O–H groups in total. The Labute approximate surface area is 173 Å². The maximum absolute atomic E-state index is 12.7. The number of aromatic nitrogens is 3. The lowest BCUT2D eigenvalue weighted by Gasteiger charge is -2.33. The van der Waals surface area contributed by atoms with Crippen molar-refractivity contribution in [2.45, 2.75) is 25.4 Å². The van der Waals surface area contributed by atoms with Crippen LogP contribution in [-0.4, -0.2) is 33.2 Å². The lowest BCUT2D eigenvalue weighted by molar-refractivity contribution is 0.498. The fourth-order valence-corrected chi connectivity index (χ4v) is 4.05. The lowest BCUT2D eigenvalue weighted by atomic mass is 10.1. The summed E-state index contributed by atoms with van der Waals surface area (Å²) < 4.78 is 3.18. The number of nitrogens with zero attached hydrogens (tertiary/aromatic N) is 4. The van der Waals surface area contributed by atoms with Gasteiger partial charge in [-0.05, 0) is 18.4 Å². The van der Waals surface area contributed by atoms with E-state index in [1.165, 1.54) is 4.57 Å². The van der Waals surface area contributed by atoms with E-state index < -0.39 is 11.2 Å². The first-order valence-corrected chi connectivity index (χ1v) is 9.31. The van der Waals surface area contributed by atoms with Crippen molar-refractivity contribution in [2.24, 2.45) is 12.8 Å². The predicted octanol–water partition coefficient (Wildman–Crippen LogP) is 1.30. The van der Waals surface area contributed by atoms with Crippen LogP contribution in [0.1, 0.15) is 24.0 Å². The second kappa shape index (κ2) is 8.15. The van der Waals surface area contributed by atoms with Crippen LogP contribution in [0.2, 0.25) is 0 Å². The molecule has 8 nitrogen and oxygen atoms in total. The summed E-state index contributed by atoms with van der Waals surface area (Å²) in [6, 6.07) is 12.0. The van der Waals surface area contributed by atoms with E-state index in [1.54, 1.807) is 7.05 Å². The summed E-state index contributed by atoms with van der Waals surface area (Å²) in [4.78, 5) is 29.4. The Hall–Kier alpha value is -3.02. The second-order valence-electron chi connectivity index (χ2n) is 7.25. The molecule has 4 rings (SSSR count). The van der Waals surface area contributed by atoms with E-state index in [0.29, 0.717) is 35.5 Å². The van der Waals surface area contributed by atoms with Crippen LogP contribution in [0.5, 0.6) is 0 Å². The minimum absolute atomic E-state index is 0. The molecule has 0 bridgehead atoms. The van der Waals surface area contributed by atoms with Crippen molar-refractivity contribution in [3.8, 4) is 6.07 Å². The molecule has 1 unspecified atom stereocenters. The number of nitrogens with one attached hydrogen (secondary N) is 1. The third-order valence-corrected chi connectivity index (χ3v) is 5.34. The van der Waals surface area contributed by atoms with Gasteiger partial charge in [0.1, 0.15) is 23.0 Å². The maximum Gasteiger partial charge on any atom is 0.328 e. The molecule has 0 spiro atoms. The summed E-state index contributed by atoms with van der Waals surface area (Å²) in [5.74, 6) is 0.656. The number of hydrogen-bond acceptors (Lipinski definition) is 5. The Bertz CT molecular complexity index is 1190. The molecule has 0 amide bonds. The number of H-pyrrole nitrogens is 1. The van der Waals surface area contributed by atoms with Gasteiger partial charge in [-0.25, -0.2) is 4.79 Å². The molecule has 3 aromatic rings. The first-order chi connectivity index (χ1) is 13.5. The molecular formula is C20H23ClN6O2. The van der Waals surface area contributed by atoms with Crippen LogP contribution in [0.25, 0.3) is 11.0 Å². The second-order valence-corrected chi connectivity index (χ2v) is 7.25. The van der Waals surface area contributed by atoms with E-state index in [0.717, 1.165) is 24.9 Å². The van der Waals surface area contributed by atoms with Crippen molar-refractivity contribution in [1.29, 1.82) is 5.26 Å². The van der Waals surface area contributed by atoms with Gasteiger partial charge in [0.15, 0.2) is 0 Å². The smallest absolute Gasteiger partial charge is 0.328 e. The number of hydrogen-bond donors (Lipinski definition) is 2. The first-order valence-electron chi connectivity index (χ1n) is 9.31. The molecule has 152 valence electrons. The highest BCUT2D eigenvalue weighted by Gasteiger charge is 2.28. The first kappa shape index (κ1) is 20.7. The van der Waals surface area contributed by atoms with Gasteiger partial charge in [0.2, 0.25) is 0 Å². The average Bonchev–Trinajstić information content (AvgIpc) is 3.01. The number of aromatic amines is 1. The Kier molecular flexibility index (Phi) is 5.82. The largest absolute Gasteiger partial charge is 0.355 e. The standard InChI is InChI=1S/C20H22N6O2.ClH/c1-24-16-15(10-21)19(25-9-5-8-14(22)12-25)26(11-13-6-3-2-4-7-13)17(16)18(27)23-20(24)28;/h2-4,6-7,14H,5,8-9,11-12,22H2,1H3,(H,23,27,28);1H. The van der Waals surface area contributed by atoms with Crippen LogP contribution in [-0.2, 0) is 13.6 Å². The maximum atomic E-state index is 12.7. The Balaban J connectivity index is 0.00000240. The topological polar surface area (TPSA) is 113 Å². The van der Waals surface area contributed by atoms with E-state index in [2.05, 4.69) is 16.0 Å². The average molecular weight is 415 g/mol. The van der Waals surface area contributed by atoms with Crippen molar-refractivity contribution in [3.05, 3.63) is 62.3 Å². The molecule has 29 heavy (non-hydrogen) atoms. The molecule has 0 radical (unpaired) electrons. The van der Waals surface area contributed by atoms with Crippen molar-refractivity contribution >= 4 is 29.3 Å². The SMILES string of the molecule is Cl.Cn1c(=O)[nH]c(=O)c2c1c(C#N)c(N1CCCC(N)C1)n2Cc1ccccc1. The van der Waals surface area contributed by atoms with Crippen molar-refractivity contribution in [1.82, 2.24) is 14.1 Å². The minimum atomic E-state index is -0.534. The molecule has 3 heterocycles. The monoisotopic (exact) mass is 414 g/mol. The number of benzene rings is 1. The predicted molar refractivity (Wildman–Crippen MR) is 115 cm³/mol. The van der Waals surface area contributed by atoms with Gasteiger partial charge in [0.25, 0.3) is 5.56 Å². The van der Waals surface area contributed by atoms with Crippen LogP contribution >= 0.6 is 12.4 Å². The molecule has 1 atom stereocenters. The quantitative estimate of drug-likeness (QED) is 0.670. The molecule has 0 saturated carbocycles. The molecule has 0 aliphatic carbocycles. The van der Waals surface area contributed by atoms with Gasteiger partial charge in [0.05, 0.1) is 5.52 Å². The third kappa shape index (κ3) is 3.55. The number of nitriles is 1. The lowest BCUT2D eigenvalue weighted by Crippen LogP contribution is -2.44. The zero-order valence-electron chi connectivity index (χ0n) is 16.1. The number of anilines is 1. The summed E-state index contributed by atoms with van der Waals surface area (Å²) in [7, 11) is 1.57. The zero-order chi connectivity index (χ0) is 19.8. The van der Waals surface area contributed by atoms with Crippen LogP contribution in [0.3, 0.4) is 0 Å². The molecule has 1 aliphatic rings. The van der Waals surface area contributed by atoms with E-state index in [-0.39, 0.29) is 18.4 Å². The van der Waals surface area contributed by atoms with Crippen molar-refractivity contribution in [2.75, 3.05) is 18.0 Å². The zero-order valence-corrected chi connectivity index (χ0v) is 16.9. The van der Waals surface area contributed by atoms with Crippen molar-refractivity contribution < 1.29 is 0 Å². The minimum Gasteiger partial charge on any atom is -0.355 e. The van der Waals surface area contributed by atoms with Crippen LogP contribution in [0, 0.1) is 11.3 Å². The molecule has 2 aromatic heterocycles. The number of nitrogens with two attached hydrogens (primary N) is 1. The van der Waals surface area contributed by atoms with E-state index in [1.807, 2.05) is 34.9 Å². The van der Waals surface area contributed by atoms with Crippen LogP contribution in [0.4, 0.5) is 5.82 Å². The highest BCUT2D eigenvalue weighted by molar-refractivity contribution is 5.90. The van der Waals surface area contributed by atoms with Gasteiger partial charge in [-0.3, -0.25) is 14.3 Å². The van der Waals surface area contributed by atoms with E-state index in [4.69, 9.17) is 5.73 Å². The molecular weight excluding hydrogens is 392 g/mol. The normalized spacial score (nSPS) is 16.4. The van der Waals surface area contributed by atoms with Gasteiger partial charge < -0.3 is 15.2 Å². The van der Waals surface area contributed by atoms with Crippen LogP contribution < -0.4 is 21.9 Å². The Morgan fingerprint density at radius 3 is 2.62 bits per heavy atom. The van der Waals surface area contributed by atoms with Gasteiger partial charge in [0, 0.05) is 32.7 Å². The summed E-state index contributed by atoms with van der Waals surface area (Å²) in [5, 5.41) is 9.95. The van der Waals surface area contributed by atoms with E-state index in [9.17, 15) is 14.9 Å². The Morgan fingerprint density at radius 1 is 1.24 bits per heavy atom. The van der Waals surface area contributed by atoms with E-state index >= 15 is 0 Å². The van der Waals surface area contributed by atoms with Gasteiger partial charge >= 0.3 is 5.69 Å². The van der Waals surface area contributed by atoms with Crippen LogP contribution in [0.15, 0.2) is 39.9 Å². The van der Waals surface area contributed by atoms with Crippen molar-refractivity contribution in [3.63, 3.8) is 0 Å². The third-order valence-electron chi connectivity index (χ3n) is 5.34. The molecule has 1 aromatic carbocycles. The number of piperidine rings is 1. The summed E-state index contributed by atoms with van der Waals surface area (Å²) >= 11 is 0. The highest BCUT2D eigenvalue weighted by atomic mass is 35.5. The molecule has 1 aliphatic heterocycles. The fraction of sp³-hybridized carbons (Fsp3) is 0.350. The molecule has 9 heteroatoms. The fourth-order valence-electron chi connectivity index (χ4n) is 4.05. The highest BCUT2D eigenvalue weighted by Crippen LogP contribution is 2.32. The summed E-state index contributed by atoms with van der Waals surface area (Å²) in [6.45, 7) is 1.77.